The molecule has 1 aliphatic heterocycles. The van der Waals surface area contributed by atoms with E-state index in [2.05, 4.69) is 22.1 Å². The summed E-state index contributed by atoms with van der Waals surface area (Å²) in [6.07, 6.45) is 4.11. The first-order valence-electron chi connectivity index (χ1n) is 8.91. The van der Waals surface area contributed by atoms with Crippen molar-refractivity contribution in [1.29, 1.82) is 0 Å². The number of thioether (sulfide) groups is 1. The maximum atomic E-state index is 12.4. The number of nitrogens with one attached hydrogen (secondary N) is 1. The molecule has 1 amide bonds. The standard InChI is InChI=1S/C21H21N3OS/c25-20(24-12-4-5-13-24)18-10-8-16(9-11-18)15-26-21-22-14-19(23-21)17-6-2-1-3-7-17/h1-3,6-11,14H,4-5,12-13,15H2,(H,22,23). The second kappa shape index (κ2) is 7.79. The zero-order valence-corrected chi connectivity index (χ0v) is 15.3. The molecule has 0 aliphatic carbocycles. The van der Waals surface area contributed by atoms with Gasteiger partial charge < -0.3 is 9.88 Å². The van der Waals surface area contributed by atoms with Crippen LogP contribution in [0.1, 0.15) is 28.8 Å². The predicted molar refractivity (Wildman–Crippen MR) is 105 cm³/mol. The minimum absolute atomic E-state index is 0.153. The van der Waals surface area contributed by atoms with Crippen LogP contribution in [0.2, 0.25) is 0 Å². The Kier molecular flexibility index (Phi) is 5.07. The number of carbonyl (C=O) groups is 1. The van der Waals surface area contributed by atoms with Gasteiger partial charge in [0.15, 0.2) is 5.16 Å². The summed E-state index contributed by atoms with van der Waals surface area (Å²) in [6, 6.07) is 18.1. The number of rotatable bonds is 5. The normalized spacial score (nSPS) is 13.9. The number of carbonyl (C=O) groups excluding carboxylic acids is 1. The van der Waals surface area contributed by atoms with Crippen molar-refractivity contribution in [3.8, 4) is 11.3 Å². The van der Waals surface area contributed by atoms with Gasteiger partial charge in [0, 0.05) is 24.4 Å². The van der Waals surface area contributed by atoms with Crippen molar-refractivity contribution in [2.75, 3.05) is 13.1 Å². The Morgan fingerprint density at radius 3 is 2.50 bits per heavy atom. The third kappa shape index (κ3) is 3.83. The molecule has 2 aromatic carbocycles. The summed E-state index contributed by atoms with van der Waals surface area (Å²) in [5, 5.41) is 0.904. The van der Waals surface area contributed by atoms with E-state index in [1.165, 1.54) is 5.56 Å². The number of nitrogens with zero attached hydrogens (tertiary/aromatic N) is 2. The van der Waals surface area contributed by atoms with Crippen molar-refractivity contribution < 1.29 is 4.79 Å². The van der Waals surface area contributed by atoms with E-state index >= 15 is 0 Å². The van der Waals surface area contributed by atoms with E-state index in [0.29, 0.717) is 0 Å². The molecule has 0 bridgehead atoms. The highest BCUT2D eigenvalue weighted by atomic mass is 32.2. The Morgan fingerprint density at radius 1 is 1.04 bits per heavy atom. The highest BCUT2D eigenvalue weighted by Crippen LogP contribution is 2.24. The van der Waals surface area contributed by atoms with Crippen molar-refractivity contribution in [3.63, 3.8) is 0 Å². The number of hydrogen-bond acceptors (Lipinski definition) is 3. The summed E-state index contributed by atoms with van der Waals surface area (Å²) in [4.78, 5) is 22.1. The van der Waals surface area contributed by atoms with Gasteiger partial charge in [0.05, 0.1) is 11.9 Å². The Bertz CT molecular complexity index is 868. The Balaban J connectivity index is 1.36. The quantitative estimate of drug-likeness (QED) is 0.674. The van der Waals surface area contributed by atoms with Gasteiger partial charge in [0.1, 0.15) is 0 Å². The van der Waals surface area contributed by atoms with Gasteiger partial charge >= 0.3 is 0 Å². The highest BCUT2D eigenvalue weighted by Gasteiger charge is 2.19. The number of benzene rings is 2. The second-order valence-electron chi connectivity index (χ2n) is 6.45. The van der Waals surface area contributed by atoms with Crippen LogP contribution in [0.4, 0.5) is 0 Å². The van der Waals surface area contributed by atoms with Crippen LogP contribution in [-0.4, -0.2) is 33.9 Å². The summed E-state index contributed by atoms with van der Waals surface area (Å²) >= 11 is 1.67. The fraction of sp³-hybridized carbons (Fsp3) is 0.238. The zero-order valence-electron chi connectivity index (χ0n) is 14.5. The molecule has 0 radical (unpaired) electrons. The Labute approximate surface area is 157 Å². The van der Waals surface area contributed by atoms with E-state index in [-0.39, 0.29) is 5.91 Å². The Hall–Kier alpha value is -2.53. The molecular weight excluding hydrogens is 342 g/mol. The molecule has 26 heavy (non-hydrogen) atoms. The molecule has 4 nitrogen and oxygen atoms in total. The molecule has 5 heteroatoms. The molecule has 3 aromatic rings. The number of H-pyrrole nitrogens is 1. The van der Waals surface area contributed by atoms with Gasteiger partial charge in [-0.15, -0.1) is 0 Å². The van der Waals surface area contributed by atoms with E-state index < -0.39 is 0 Å². The van der Waals surface area contributed by atoms with Gasteiger partial charge in [-0.25, -0.2) is 4.98 Å². The summed E-state index contributed by atoms with van der Waals surface area (Å²) in [5.74, 6) is 0.972. The lowest BCUT2D eigenvalue weighted by Crippen LogP contribution is -2.27. The first-order valence-corrected chi connectivity index (χ1v) is 9.89. The predicted octanol–water partition coefficient (Wildman–Crippen LogP) is 4.61. The molecule has 2 heterocycles. The lowest BCUT2D eigenvalue weighted by Gasteiger charge is -2.15. The SMILES string of the molecule is O=C(c1ccc(CSc2ncc(-c3ccccc3)[nH]2)cc1)N1CCCC1. The van der Waals surface area contributed by atoms with Crippen molar-refractivity contribution in [1.82, 2.24) is 14.9 Å². The first-order chi connectivity index (χ1) is 12.8. The van der Waals surface area contributed by atoms with Crippen molar-refractivity contribution in [3.05, 3.63) is 71.9 Å². The average Bonchev–Trinajstić information content (AvgIpc) is 3.39. The van der Waals surface area contributed by atoms with Crippen LogP contribution < -0.4 is 0 Å². The summed E-state index contributed by atoms with van der Waals surface area (Å²) in [6.45, 7) is 1.78. The largest absolute Gasteiger partial charge is 0.339 e. The topological polar surface area (TPSA) is 49.0 Å². The first kappa shape index (κ1) is 16.9. The number of imidazole rings is 1. The lowest BCUT2D eigenvalue weighted by molar-refractivity contribution is 0.0793. The number of aromatic amines is 1. The van der Waals surface area contributed by atoms with Crippen molar-refractivity contribution in [2.45, 2.75) is 23.8 Å². The third-order valence-electron chi connectivity index (χ3n) is 4.61. The molecule has 1 fully saturated rings. The van der Waals surface area contributed by atoms with Crippen LogP contribution in [0, 0.1) is 0 Å². The highest BCUT2D eigenvalue weighted by molar-refractivity contribution is 7.98. The monoisotopic (exact) mass is 363 g/mol. The van der Waals surface area contributed by atoms with Crippen LogP contribution in [0.3, 0.4) is 0 Å². The van der Waals surface area contributed by atoms with Crippen LogP contribution in [-0.2, 0) is 5.75 Å². The van der Waals surface area contributed by atoms with Gasteiger partial charge in [-0.05, 0) is 36.1 Å². The van der Waals surface area contributed by atoms with Gasteiger partial charge in [-0.1, -0.05) is 54.2 Å². The molecule has 1 aromatic heterocycles. The molecule has 132 valence electrons. The smallest absolute Gasteiger partial charge is 0.253 e. The van der Waals surface area contributed by atoms with E-state index in [9.17, 15) is 4.79 Å². The number of amides is 1. The van der Waals surface area contributed by atoms with E-state index in [1.54, 1.807) is 11.8 Å². The molecule has 0 atom stereocenters. The Morgan fingerprint density at radius 2 is 1.77 bits per heavy atom. The van der Waals surface area contributed by atoms with E-state index in [1.807, 2.05) is 53.6 Å². The maximum Gasteiger partial charge on any atom is 0.253 e. The summed E-state index contributed by atoms with van der Waals surface area (Å²) in [7, 11) is 0. The van der Waals surface area contributed by atoms with Crippen LogP contribution in [0.5, 0.6) is 0 Å². The molecule has 1 N–H and O–H groups in total. The maximum absolute atomic E-state index is 12.4. The molecule has 4 rings (SSSR count). The summed E-state index contributed by atoms with van der Waals surface area (Å²) in [5.41, 5.74) is 4.13. The number of hydrogen-bond donors (Lipinski definition) is 1. The minimum Gasteiger partial charge on any atom is -0.339 e. The number of aromatic nitrogens is 2. The molecule has 0 unspecified atom stereocenters. The molecule has 1 aliphatic rings. The third-order valence-corrected chi connectivity index (χ3v) is 5.57. The van der Waals surface area contributed by atoms with Crippen LogP contribution in [0.25, 0.3) is 11.3 Å². The van der Waals surface area contributed by atoms with E-state index in [4.69, 9.17) is 0 Å². The van der Waals surface area contributed by atoms with Crippen molar-refractivity contribution in [2.24, 2.45) is 0 Å². The number of likely N-dealkylation sites (tertiary alicyclic amines) is 1. The lowest BCUT2D eigenvalue weighted by atomic mass is 10.1. The fourth-order valence-corrected chi connectivity index (χ4v) is 3.94. The zero-order chi connectivity index (χ0) is 17.8. The molecule has 0 saturated carbocycles. The van der Waals surface area contributed by atoms with Gasteiger partial charge in [-0.3, -0.25) is 4.79 Å². The molecule has 0 spiro atoms. The van der Waals surface area contributed by atoms with Crippen LogP contribution in [0.15, 0.2) is 66.0 Å². The van der Waals surface area contributed by atoms with Gasteiger partial charge in [-0.2, -0.15) is 0 Å². The minimum atomic E-state index is 0.153. The van der Waals surface area contributed by atoms with Crippen molar-refractivity contribution >= 4 is 17.7 Å². The van der Waals surface area contributed by atoms with Gasteiger partial charge in [0.2, 0.25) is 0 Å². The second-order valence-corrected chi connectivity index (χ2v) is 7.42. The molecule has 1 saturated heterocycles. The van der Waals surface area contributed by atoms with Gasteiger partial charge in [0.25, 0.3) is 5.91 Å². The average molecular weight is 363 g/mol. The molecular formula is C21H21N3OS. The fourth-order valence-electron chi connectivity index (χ4n) is 3.14. The van der Waals surface area contributed by atoms with Crippen LogP contribution >= 0.6 is 11.8 Å². The summed E-state index contributed by atoms with van der Waals surface area (Å²) < 4.78 is 0. The van der Waals surface area contributed by atoms with E-state index in [0.717, 1.165) is 53.7 Å².